The number of likely N-dealkylation sites (N-methyl/N-ethyl adjacent to an activating group) is 1. The van der Waals surface area contributed by atoms with E-state index in [0.29, 0.717) is 12.4 Å². The predicted molar refractivity (Wildman–Crippen MR) is 128 cm³/mol. The summed E-state index contributed by atoms with van der Waals surface area (Å²) in [6.07, 6.45) is 3.33. The Morgan fingerprint density at radius 3 is 2.50 bits per heavy atom. The highest BCUT2D eigenvalue weighted by Gasteiger charge is 2.10. The molecule has 0 aliphatic heterocycles. The molecule has 0 radical (unpaired) electrons. The van der Waals surface area contributed by atoms with Gasteiger partial charge in [0, 0.05) is 39.2 Å². The van der Waals surface area contributed by atoms with Gasteiger partial charge < -0.3 is 24.1 Å². The van der Waals surface area contributed by atoms with Crippen molar-refractivity contribution in [2.75, 3.05) is 41.4 Å². The lowest BCUT2D eigenvalue weighted by atomic mass is 10.1. The van der Waals surface area contributed by atoms with Crippen LogP contribution < -0.4 is 14.8 Å². The van der Waals surface area contributed by atoms with Gasteiger partial charge in [-0.05, 0) is 43.2 Å². The highest BCUT2D eigenvalue weighted by atomic mass is 16.5. The van der Waals surface area contributed by atoms with E-state index in [9.17, 15) is 0 Å². The molecule has 3 rings (SSSR count). The van der Waals surface area contributed by atoms with E-state index in [1.165, 1.54) is 11.1 Å². The number of nitrogens with zero attached hydrogens (tertiary/aromatic N) is 3. The summed E-state index contributed by atoms with van der Waals surface area (Å²) in [6.45, 7) is 3.60. The van der Waals surface area contributed by atoms with Gasteiger partial charge in [-0.3, -0.25) is 4.99 Å². The van der Waals surface area contributed by atoms with Crippen LogP contribution >= 0.6 is 0 Å². The van der Waals surface area contributed by atoms with Crippen molar-refractivity contribution in [2.24, 2.45) is 4.99 Å². The predicted octanol–water partition coefficient (Wildman–Crippen LogP) is 3.96. The third-order valence-corrected chi connectivity index (χ3v) is 5.27. The number of aromatic nitrogens is 1. The van der Waals surface area contributed by atoms with Gasteiger partial charge in [0.05, 0.1) is 19.9 Å². The molecule has 0 amide bonds. The minimum atomic E-state index is 0.649. The zero-order chi connectivity index (χ0) is 22.9. The number of nitrogens with one attached hydrogen (secondary N) is 1. The van der Waals surface area contributed by atoms with Crippen molar-refractivity contribution < 1.29 is 13.9 Å². The van der Waals surface area contributed by atoms with Crippen molar-refractivity contribution in [3.63, 3.8) is 0 Å². The number of ether oxygens (including phenoxy) is 2. The van der Waals surface area contributed by atoms with Crippen LogP contribution in [0.5, 0.6) is 11.5 Å². The average molecular weight is 437 g/mol. The SMILES string of the molecule is CN=C(NCCc1coc(-c2ccc(C)cc2)n1)N(C)CCc1ccc(OC)c(OC)c1. The van der Waals surface area contributed by atoms with Crippen molar-refractivity contribution in [3.8, 4) is 23.0 Å². The van der Waals surface area contributed by atoms with Gasteiger partial charge in [-0.1, -0.05) is 23.8 Å². The summed E-state index contributed by atoms with van der Waals surface area (Å²) in [5, 5.41) is 3.40. The van der Waals surface area contributed by atoms with Gasteiger partial charge in [-0.25, -0.2) is 4.98 Å². The molecule has 7 nitrogen and oxygen atoms in total. The first-order valence-corrected chi connectivity index (χ1v) is 10.7. The highest BCUT2D eigenvalue weighted by Crippen LogP contribution is 2.27. The van der Waals surface area contributed by atoms with Crippen molar-refractivity contribution in [1.82, 2.24) is 15.2 Å². The molecular weight excluding hydrogens is 404 g/mol. The van der Waals surface area contributed by atoms with Crippen LogP contribution in [0.2, 0.25) is 0 Å². The number of oxazole rings is 1. The molecule has 0 fully saturated rings. The maximum atomic E-state index is 5.65. The first-order chi connectivity index (χ1) is 15.5. The molecule has 32 heavy (non-hydrogen) atoms. The molecule has 1 N–H and O–H groups in total. The smallest absolute Gasteiger partial charge is 0.226 e. The molecule has 0 unspecified atom stereocenters. The minimum absolute atomic E-state index is 0.649. The van der Waals surface area contributed by atoms with Gasteiger partial charge in [-0.2, -0.15) is 0 Å². The normalized spacial score (nSPS) is 11.3. The molecule has 0 atom stereocenters. The Morgan fingerprint density at radius 1 is 1.06 bits per heavy atom. The van der Waals surface area contributed by atoms with Crippen molar-refractivity contribution >= 4 is 5.96 Å². The molecule has 7 heteroatoms. The van der Waals surface area contributed by atoms with Gasteiger partial charge >= 0.3 is 0 Å². The van der Waals surface area contributed by atoms with Crippen LogP contribution in [-0.4, -0.2) is 57.2 Å². The molecule has 3 aromatic rings. The number of aliphatic imine (C=N–C) groups is 1. The third-order valence-electron chi connectivity index (χ3n) is 5.27. The standard InChI is InChI=1S/C25H32N4O3/c1-18-6-9-20(10-7-18)24-28-21(17-32-24)12-14-27-25(26-2)29(3)15-13-19-8-11-22(30-4)23(16-19)31-5/h6-11,16-17H,12-15H2,1-5H3,(H,26,27). The Labute approximate surface area is 190 Å². The second-order valence-electron chi connectivity index (χ2n) is 7.59. The summed E-state index contributed by atoms with van der Waals surface area (Å²) in [6, 6.07) is 14.2. The summed E-state index contributed by atoms with van der Waals surface area (Å²) in [5.41, 5.74) is 4.29. The van der Waals surface area contributed by atoms with E-state index in [1.54, 1.807) is 27.5 Å². The van der Waals surface area contributed by atoms with Gasteiger partial charge in [0.25, 0.3) is 0 Å². The van der Waals surface area contributed by atoms with E-state index in [-0.39, 0.29) is 0 Å². The third kappa shape index (κ3) is 6.03. The number of rotatable bonds is 9. The van der Waals surface area contributed by atoms with Crippen LogP contribution in [-0.2, 0) is 12.8 Å². The van der Waals surface area contributed by atoms with Crippen LogP contribution in [0, 0.1) is 6.92 Å². The lowest BCUT2D eigenvalue weighted by Gasteiger charge is -2.22. The fourth-order valence-electron chi connectivity index (χ4n) is 3.38. The molecule has 0 saturated heterocycles. The Hall–Kier alpha value is -3.48. The van der Waals surface area contributed by atoms with Crippen LogP contribution in [0.25, 0.3) is 11.5 Å². The lowest BCUT2D eigenvalue weighted by Crippen LogP contribution is -2.40. The Bertz CT molecular complexity index is 1030. The van der Waals surface area contributed by atoms with Crippen LogP contribution in [0.4, 0.5) is 0 Å². The van der Waals surface area contributed by atoms with Crippen molar-refractivity contribution in [2.45, 2.75) is 19.8 Å². The van der Waals surface area contributed by atoms with Crippen LogP contribution in [0.1, 0.15) is 16.8 Å². The molecule has 2 aromatic carbocycles. The first-order valence-electron chi connectivity index (χ1n) is 10.7. The summed E-state index contributed by atoms with van der Waals surface area (Å²) in [4.78, 5) is 11.1. The zero-order valence-electron chi connectivity index (χ0n) is 19.5. The Balaban J connectivity index is 1.48. The quantitative estimate of drug-likeness (QED) is 0.404. The van der Waals surface area contributed by atoms with E-state index < -0.39 is 0 Å². The monoisotopic (exact) mass is 436 g/mol. The average Bonchev–Trinajstić information content (AvgIpc) is 3.29. The van der Waals surface area contributed by atoms with E-state index >= 15 is 0 Å². The molecule has 1 aromatic heterocycles. The number of hydrogen-bond acceptors (Lipinski definition) is 5. The topological polar surface area (TPSA) is 72.1 Å². The summed E-state index contributed by atoms with van der Waals surface area (Å²) in [7, 11) is 7.12. The fourth-order valence-corrected chi connectivity index (χ4v) is 3.38. The summed E-state index contributed by atoms with van der Waals surface area (Å²) < 4.78 is 16.3. The van der Waals surface area contributed by atoms with Gasteiger partial charge in [0.2, 0.25) is 5.89 Å². The fraction of sp³-hybridized carbons (Fsp3) is 0.360. The van der Waals surface area contributed by atoms with Gasteiger partial charge in [-0.15, -0.1) is 0 Å². The minimum Gasteiger partial charge on any atom is -0.493 e. The van der Waals surface area contributed by atoms with Gasteiger partial charge in [0.15, 0.2) is 17.5 Å². The van der Waals surface area contributed by atoms with Crippen LogP contribution in [0.15, 0.2) is 58.1 Å². The first kappa shape index (κ1) is 23.2. The molecule has 0 aliphatic carbocycles. The molecule has 0 saturated carbocycles. The van der Waals surface area contributed by atoms with Crippen molar-refractivity contribution in [1.29, 1.82) is 0 Å². The Kier molecular flexibility index (Phi) is 8.14. The molecule has 170 valence electrons. The highest BCUT2D eigenvalue weighted by molar-refractivity contribution is 5.79. The molecule has 1 heterocycles. The van der Waals surface area contributed by atoms with E-state index in [2.05, 4.69) is 45.3 Å². The maximum absolute atomic E-state index is 5.65. The van der Waals surface area contributed by atoms with Crippen LogP contribution in [0.3, 0.4) is 0 Å². The number of guanidine groups is 1. The zero-order valence-corrected chi connectivity index (χ0v) is 19.5. The van der Waals surface area contributed by atoms with E-state index in [4.69, 9.17) is 13.9 Å². The molecule has 0 spiro atoms. The Morgan fingerprint density at radius 2 is 1.81 bits per heavy atom. The van der Waals surface area contributed by atoms with Gasteiger partial charge in [0.1, 0.15) is 6.26 Å². The van der Waals surface area contributed by atoms with E-state index in [1.807, 2.05) is 31.3 Å². The number of hydrogen-bond donors (Lipinski definition) is 1. The lowest BCUT2D eigenvalue weighted by molar-refractivity contribution is 0.354. The number of benzene rings is 2. The number of aryl methyl sites for hydroxylation is 1. The largest absolute Gasteiger partial charge is 0.493 e. The van der Waals surface area contributed by atoms with Crippen molar-refractivity contribution in [3.05, 3.63) is 65.5 Å². The molecule has 0 bridgehead atoms. The second-order valence-corrected chi connectivity index (χ2v) is 7.59. The van der Waals surface area contributed by atoms with E-state index in [0.717, 1.165) is 48.1 Å². The summed E-state index contributed by atoms with van der Waals surface area (Å²) in [5.74, 6) is 2.97. The molecule has 0 aliphatic rings. The summed E-state index contributed by atoms with van der Waals surface area (Å²) >= 11 is 0. The maximum Gasteiger partial charge on any atom is 0.226 e. The second kappa shape index (κ2) is 11.2. The number of methoxy groups -OCH3 is 2. The molecular formula is C25H32N4O3.